The molecule has 13 heavy (non-hydrogen) atoms. The van der Waals surface area contributed by atoms with Gasteiger partial charge in [-0.05, 0) is 17.7 Å². The summed E-state index contributed by atoms with van der Waals surface area (Å²) in [5.41, 5.74) is 0.817. The molecule has 0 saturated heterocycles. The van der Waals surface area contributed by atoms with Crippen LogP contribution >= 0.6 is 11.6 Å². The Hall–Kier alpha value is -1.62. The number of halogens is 1. The van der Waals surface area contributed by atoms with E-state index in [4.69, 9.17) is 11.6 Å². The van der Waals surface area contributed by atoms with Crippen molar-refractivity contribution < 1.29 is 4.92 Å². The second-order valence-corrected chi connectivity index (χ2v) is 2.82. The molecule has 0 unspecified atom stereocenters. The van der Waals surface area contributed by atoms with E-state index in [2.05, 4.69) is 9.97 Å². The number of para-hydroxylation sites is 1. The summed E-state index contributed by atoms with van der Waals surface area (Å²) in [6.45, 7) is 0. The maximum Gasteiger partial charge on any atom is 0.297 e. The van der Waals surface area contributed by atoms with Gasteiger partial charge in [0.2, 0.25) is 5.28 Å². The van der Waals surface area contributed by atoms with Crippen LogP contribution in [-0.2, 0) is 0 Å². The lowest BCUT2D eigenvalue weighted by atomic mass is 10.3. The summed E-state index contributed by atoms with van der Waals surface area (Å²) >= 11 is 5.57. The molecule has 66 valence electrons. The first-order valence-corrected chi connectivity index (χ1v) is 3.85. The molecule has 0 bridgehead atoms. The van der Waals surface area contributed by atoms with Gasteiger partial charge in [0.05, 0.1) is 10.4 Å². The third-order valence-electron chi connectivity index (χ3n) is 1.66. The van der Waals surface area contributed by atoms with Crippen LogP contribution in [0.5, 0.6) is 0 Å². The van der Waals surface area contributed by atoms with E-state index in [1.165, 1.54) is 6.07 Å². The van der Waals surface area contributed by atoms with Crippen molar-refractivity contribution in [2.75, 3.05) is 0 Å². The maximum absolute atomic E-state index is 10.5. The van der Waals surface area contributed by atoms with Gasteiger partial charge in [-0.3, -0.25) is 10.1 Å². The van der Waals surface area contributed by atoms with Crippen molar-refractivity contribution in [3.63, 3.8) is 0 Å². The third-order valence-corrected chi connectivity index (χ3v) is 1.84. The van der Waals surface area contributed by atoms with Crippen LogP contribution in [0.15, 0.2) is 18.2 Å². The number of benzene rings is 1. The molecule has 1 N–H and O–H groups in total. The third kappa shape index (κ3) is 1.23. The Kier molecular flexibility index (Phi) is 1.66. The quantitative estimate of drug-likeness (QED) is 0.562. The van der Waals surface area contributed by atoms with E-state index in [-0.39, 0.29) is 16.5 Å². The van der Waals surface area contributed by atoms with Crippen molar-refractivity contribution in [3.8, 4) is 0 Å². The highest BCUT2D eigenvalue weighted by Gasteiger charge is 2.14. The summed E-state index contributed by atoms with van der Waals surface area (Å²) in [5, 5.41) is 10.7. The Labute approximate surface area is 77.5 Å². The van der Waals surface area contributed by atoms with E-state index in [0.717, 1.165) is 0 Å². The van der Waals surface area contributed by atoms with Crippen molar-refractivity contribution in [1.29, 1.82) is 0 Å². The van der Waals surface area contributed by atoms with Gasteiger partial charge in [0, 0.05) is 6.07 Å². The maximum atomic E-state index is 10.5. The summed E-state index contributed by atoms with van der Waals surface area (Å²) in [5.74, 6) is 0. The van der Waals surface area contributed by atoms with Gasteiger partial charge in [0.15, 0.2) is 5.52 Å². The molecule has 0 atom stereocenters. The second kappa shape index (κ2) is 2.70. The summed E-state index contributed by atoms with van der Waals surface area (Å²) in [6.07, 6.45) is 0. The molecule has 0 fully saturated rings. The number of aromatic nitrogens is 2. The largest absolute Gasteiger partial charge is 0.328 e. The molecule has 1 aromatic heterocycles. The molecule has 1 aromatic carbocycles. The molecule has 0 amide bonds. The number of nitro groups is 1. The van der Waals surface area contributed by atoms with Gasteiger partial charge < -0.3 is 4.98 Å². The Bertz CT molecular complexity index is 480. The minimum atomic E-state index is -0.487. The molecule has 6 heteroatoms. The zero-order chi connectivity index (χ0) is 9.42. The molecule has 0 aliphatic heterocycles. The molecule has 0 spiro atoms. The lowest BCUT2D eigenvalue weighted by Gasteiger charge is -1.90. The minimum Gasteiger partial charge on any atom is -0.328 e. The Morgan fingerprint density at radius 3 is 3.00 bits per heavy atom. The number of nitrogens with zero attached hydrogens (tertiary/aromatic N) is 2. The fourth-order valence-corrected chi connectivity index (χ4v) is 1.32. The number of H-pyrrole nitrogens is 1. The Balaban J connectivity index is 2.82. The summed E-state index contributed by atoms with van der Waals surface area (Å²) in [4.78, 5) is 16.6. The lowest BCUT2D eigenvalue weighted by molar-refractivity contribution is -0.383. The highest BCUT2D eigenvalue weighted by atomic mass is 35.5. The molecular weight excluding hydrogens is 194 g/mol. The first kappa shape index (κ1) is 8.00. The van der Waals surface area contributed by atoms with Gasteiger partial charge in [0.1, 0.15) is 0 Å². The number of imidazole rings is 1. The predicted molar refractivity (Wildman–Crippen MR) is 47.8 cm³/mol. The van der Waals surface area contributed by atoms with Crippen molar-refractivity contribution in [1.82, 2.24) is 9.97 Å². The number of hydrogen-bond donors (Lipinski definition) is 1. The SMILES string of the molecule is O=[N+]([O-])c1cccc2[nH]c(Cl)nc12. The van der Waals surface area contributed by atoms with Crippen molar-refractivity contribution in [2.45, 2.75) is 0 Å². The number of rotatable bonds is 1. The molecule has 2 rings (SSSR count). The molecule has 2 aromatic rings. The molecular formula is C7H4ClN3O2. The van der Waals surface area contributed by atoms with E-state index >= 15 is 0 Å². The van der Waals surface area contributed by atoms with Gasteiger partial charge in [-0.15, -0.1) is 0 Å². The molecule has 0 radical (unpaired) electrons. The monoisotopic (exact) mass is 197 g/mol. The molecule has 0 saturated carbocycles. The van der Waals surface area contributed by atoms with Crippen LogP contribution in [0, 0.1) is 10.1 Å². The Morgan fingerprint density at radius 1 is 1.54 bits per heavy atom. The number of aromatic amines is 1. The van der Waals surface area contributed by atoms with Crippen LogP contribution in [0.2, 0.25) is 5.28 Å². The van der Waals surface area contributed by atoms with Crippen LogP contribution in [0.3, 0.4) is 0 Å². The molecule has 0 aliphatic rings. The highest BCUT2D eigenvalue weighted by molar-refractivity contribution is 6.29. The number of nitro benzene ring substituents is 1. The smallest absolute Gasteiger partial charge is 0.297 e. The fraction of sp³-hybridized carbons (Fsp3) is 0. The van der Waals surface area contributed by atoms with Crippen molar-refractivity contribution >= 4 is 28.3 Å². The van der Waals surface area contributed by atoms with Crippen molar-refractivity contribution in [3.05, 3.63) is 33.6 Å². The van der Waals surface area contributed by atoms with Crippen LogP contribution in [0.4, 0.5) is 5.69 Å². The summed E-state index contributed by atoms with van der Waals surface area (Å²) < 4.78 is 0. The van der Waals surface area contributed by atoms with Gasteiger partial charge in [0.25, 0.3) is 5.69 Å². The molecule has 0 aliphatic carbocycles. The summed E-state index contributed by atoms with van der Waals surface area (Å²) in [7, 11) is 0. The van der Waals surface area contributed by atoms with Gasteiger partial charge in [-0.2, -0.15) is 0 Å². The zero-order valence-corrected chi connectivity index (χ0v) is 7.08. The van der Waals surface area contributed by atoms with Crippen LogP contribution in [-0.4, -0.2) is 14.9 Å². The highest BCUT2D eigenvalue weighted by Crippen LogP contribution is 2.24. The second-order valence-electron chi connectivity index (χ2n) is 2.46. The first-order valence-electron chi connectivity index (χ1n) is 3.47. The first-order chi connectivity index (χ1) is 6.18. The van der Waals surface area contributed by atoms with Crippen LogP contribution < -0.4 is 0 Å². The number of non-ortho nitro benzene ring substituents is 1. The van der Waals surface area contributed by atoms with Gasteiger partial charge in [-0.1, -0.05) is 6.07 Å². The van der Waals surface area contributed by atoms with E-state index in [1.54, 1.807) is 12.1 Å². The normalized spacial score (nSPS) is 10.5. The predicted octanol–water partition coefficient (Wildman–Crippen LogP) is 2.12. The van der Waals surface area contributed by atoms with Gasteiger partial charge >= 0.3 is 0 Å². The van der Waals surface area contributed by atoms with Crippen LogP contribution in [0.25, 0.3) is 11.0 Å². The molecule has 5 nitrogen and oxygen atoms in total. The number of hydrogen-bond acceptors (Lipinski definition) is 3. The van der Waals surface area contributed by atoms with Crippen LogP contribution in [0.1, 0.15) is 0 Å². The molecule has 1 heterocycles. The van der Waals surface area contributed by atoms with Gasteiger partial charge in [-0.25, -0.2) is 4.98 Å². The number of nitrogens with one attached hydrogen (secondary N) is 1. The summed E-state index contributed by atoms with van der Waals surface area (Å²) in [6, 6.07) is 4.65. The zero-order valence-electron chi connectivity index (χ0n) is 6.32. The average Bonchev–Trinajstić information content (AvgIpc) is 2.43. The lowest BCUT2D eigenvalue weighted by Crippen LogP contribution is -1.88. The van der Waals surface area contributed by atoms with E-state index in [9.17, 15) is 10.1 Å². The van der Waals surface area contributed by atoms with E-state index < -0.39 is 4.92 Å². The minimum absolute atomic E-state index is 0.0411. The Morgan fingerprint density at radius 2 is 2.31 bits per heavy atom. The standard InChI is InChI=1S/C7H4ClN3O2/c8-7-9-4-2-1-3-5(11(12)13)6(4)10-7/h1-3H,(H,9,10). The van der Waals surface area contributed by atoms with E-state index in [1.807, 2.05) is 0 Å². The fourth-order valence-electron chi connectivity index (χ4n) is 1.13. The topological polar surface area (TPSA) is 71.8 Å². The van der Waals surface area contributed by atoms with E-state index in [0.29, 0.717) is 5.52 Å². The average molecular weight is 198 g/mol. The van der Waals surface area contributed by atoms with Crippen molar-refractivity contribution in [2.24, 2.45) is 0 Å². The number of fused-ring (bicyclic) bond motifs is 1.